The molecule has 3 aliphatic heterocycles. The van der Waals surface area contributed by atoms with Gasteiger partial charge in [-0.05, 0) is 83.5 Å². The van der Waals surface area contributed by atoms with Gasteiger partial charge in [-0.3, -0.25) is 62.3 Å². The minimum Gasteiger partial charge on any atom is -0.480 e. The summed E-state index contributed by atoms with van der Waals surface area (Å²) < 4.78 is 0. The van der Waals surface area contributed by atoms with Crippen molar-refractivity contribution in [3.05, 3.63) is 0 Å². The van der Waals surface area contributed by atoms with E-state index in [0.717, 1.165) is 0 Å². The van der Waals surface area contributed by atoms with Crippen LogP contribution in [0.1, 0.15) is 133 Å². The number of nitrogens with two attached hydrogens (primary N) is 2. The van der Waals surface area contributed by atoms with E-state index in [1.165, 1.54) is 35.5 Å². The average molecular weight is 1310 g/mol. The Hall–Kier alpha value is -6.84. The molecule has 3 rings (SSSR count). The molecule has 0 aromatic carbocycles. The summed E-state index contributed by atoms with van der Waals surface area (Å²) >= 11 is 8.25. The van der Waals surface area contributed by atoms with Gasteiger partial charge in [0.05, 0.1) is 18.8 Å². The van der Waals surface area contributed by atoms with E-state index in [0.29, 0.717) is 44.9 Å². The van der Waals surface area contributed by atoms with E-state index < -0.39 is 192 Å². The molecule has 0 aliphatic carbocycles. The van der Waals surface area contributed by atoms with E-state index in [9.17, 15) is 82.4 Å². The van der Waals surface area contributed by atoms with Gasteiger partial charge in [-0.2, -0.15) is 25.3 Å². The van der Waals surface area contributed by atoms with Crippen molar-refractivity contribution in [2.45, 2.75) is 218 Å². The van der Waals surface area contributed by atoms with Gasteiger partial charge >= 0.3 is 5.97 Å². The van der Waals surface area contributed by atoms with Gasteiger partial charge in [0.1, 0.15) is 72.5 Å². The smallest absolute Gasteiger partial charge is 0.326 e. The third-order valence-corrected chi connectivity index (χ3v) is 17.6. The highest BCUT2D eigenvalue weighted by Crippen LogP contribution is 2.28. The first-order chi connectivity index (χ1) is 42.3. The highest BCUT2D eigenvalue weighted by Gasteiger charge is 2.46. The van der Waals surface area contributed by atoms with Crippen LogP contribution in [-0.2, 0) is 67.1 Å². The second-order valence-corrected chi connectivity index (χ2v) is 24.3. The number of carboxylic acids is 1. The van der Waals surface area contributed by atoms with Crippen LogP contribution >= 0.6 is 25.3 Å². The van der Waals surface area contributed by atoms with Crippen molar-refractivity contribution in [3.63, 3.8) is 0 Å². The zero-order valence-electron chi connectivity index (χ0n) is 52.8. The van der Waals surface area contributed by atoms with Gasteiger partial charge < -0.3 is 89.3 Å². The van der Waals surface area contributed by atoms with E-state index in [-0.39, 0.29) is 56.8 Å². The Balaban J connectivity index is 1.68. The van der Waals surface area contributed by atoms with Crippen LogP contribution in [0.15, 0.2) is 0 Å². The fraction of sp³-hybridized carbons (Fsp3) is 0.754. The lowest BCUT2D eigenvalue weighted by Crippen LogP contribution is -2.62. The molecule has 16 N–H and O–H groups in total. The van der Waals surface area contributed by atoms with Crippen molar-refractivity contribution in [2.75, 3.05) is 37.7 Å². The number of aliphatic carboxylic acids is 1. The number of nitrogens with one attached hydrogen (secondary N) is 9. The SMILES string of the molecule is CC[C@H](C)[C@H](NC(=O)[C@@H]1CCCN1C(=O)[C@@H](N)CS)C(=O)N[C@@H](C)C(=O)N[C@H](C(=O)N[C@@H](C)C(=O)N[C@@H](CO)C(=O)N[C@H](C(=O)N1CCC[C@H]1C(=O)N1CCC[C@H]1C(=O)N[C@H](C(=O)N[C@@H](CS)C(=O)N[C@@H](CCC(N)=O)C(=O)O)[C@@H](C)CC)[C@@H](C)CC)[C@@H](C)O. The van der Waals surface area contributed by atoms with Crippen molar-refractivity contribution < 1.29 is 82.4 Å². The van der Waals surface area contributed by atoms with Crippen molar-refractivity contribution in [1.82, 2.24) is 62.6 Å². The number of carboxylic acid groups (broad SMARTS) is 1. The monoisotopic (exact) mass is 1310 g/mol. The van der Waals surface area contributed by atoms with E-state index >= 15 is 0 Å². The summed E-state index contributed by atoms with van der Waals surface area (Å²) in [5.74, 6) is -13.4. The maximum Gasteiger partial charge on any atom is 0.326 e. The van der Waals surface area contributed by atoms with Gasteiger partial charge in [0.25, 0.3) is 0 Å². The Labute approximate surface area is 535 Å². The number of carbonyl (C=O) groups excluding carboxylic acids is 13. The fourth-order valence-electron chi connectivity index (χ4n) is 10.6. The molecule has 3 aliphatic rings. The number of likely N-dealkylation sites (tertiary alicyclic amines) is 3. The molecule has 0 aromatic rings. The van der Waals surface area contributed by atoms with Gasteiger partial charge in [-0.1, -0.05) is 60.8 Å². The minimum absolute atomic E-state index is 0.0613. The van der Waals surface area contributed by atoms with E-state index in [4.69, 9.17) is 11.5 Å². The molecule has 0 radical (unpaired) electrons. The molecule has 33 heteroatoms. The van der Waals surface area contributed by atoms with Crippen LogP contribution in [0.5, 0.6) is 0 Å². The van der Waals surface area contributed by atoms with Crippen LogP contribution in [-0.4, -0.2) is 235 Å². The fourth-order valence-corrected chi connectivity index (χ4v) is 11.0. The number of amides is 13. The highest BCUT2D eigenvalue weighted by molar-refractivity contribution is 7.80. The van der Waals surface area contributed by atoms with E-state index in [2.05, 4.69) is 73.1 Å². The number of hydrogen-bond donors (Lipinski definition) is 16. The van der Waals surface area contributed by atoms with Crippen molar-refractivity contribution in [1.29, 1.82) is 0 Å². The average Bonchev–Trinajstić information content (AvgIpc) is 1.76. The number of aliphatic hydroxyl groups excluding tert-OH is 2. The molecule has 0 saturated carbocycles. The Bertz CT molecular complexity index is 2590. The summed E-state index contributed by atoms with van der Waals surface area (Å²) in [6.07, 6.45) is 0.940. The zero-order chi connectivity index (χ0) is 68.0. The van der Waals surface area contributed by atoms with Gasteiger partial charge in [0, 0.05) is 37.6 Å². The third-order valence-electron chi connectivity index (χ3n) is 16.9. The largest absolute Gasteiger partial charge is 0.480 e. The van der Waals surface area contributed by atoms with Crippen LogP contribution in [0.4, 0.5) is 0 Å². The first-order valence-electron chi connectivity index (χ1n) is 30.8. The van der Waals surface area contributed by atoms with Gasteiger partial charge in [0.15, 0.2) is 0 Å². The second-order valence-electron chi connectivity index (χ2n) is 23.6. The highest BCUT2D eigenvalue weighted by atomic mass is 32.1. The van der Waals surface area contributed by atoms with Crippen molar-refractivity contribution >= 4 is 108 Å². The first-order valence-corrected chi connectivity index (χ1v) is 32.0. The topological polar surface area (TPSA) is 470 Å². The zero-order valence-corrected chi connectivity index (χ0v) is 54.6. The Kier molecular flexibility index (Phi) is 31.7. The molecule has 0 aromatic heterocycles. The normalized spacial score (nSPS) is 21.1. The molecule has 17 atom stereocenters. The lowest BCUT2D eigenvalue weighted by atomic mass is 9.96. The molecule has 31 nitrogen and oxygen atoms in total. The molecule has 3 saturated heterocycles. The molecule has 3 heterocycles. The lowest BCUT2D eigenvalue weighted by Gasteiger charge is -2.35. The van der Waals surface area contributed by atoms with Crippen LogP contribution in [0.2, 0.25) is 0 Å². The summed E-state index contributed by atoms with van der Waals surface area (Å²) in [5.41, 5.74) is 11.0. The number of primary amides is 1. The van der Waals surface area contributed by atoms with Gasteiger partial charge in [0.2, 0.25) is 76.8 Å². The Morgan fingerprint density at radius 2 is 0.889 bits per heavy atom. The number of rotatable bonds is 35. The molecular formula is C57H96N14O17S2. The van der Waals surface area contributed by atoms with Gasteiger partial charge in [-0.25, -0.2) is 4.79 Å². The minimum atomic E-state index is -1.70. The maximum atomic E-state index is 14.6. The Morgan fingerprint density at radius 3 is 1.34 bits per heavy atom. The summed E-state index contributed by atoms with van der Waals surface area (Å²) in [7, 11) is 0. The Morgan fingerprint density at radius 1 is 0.489 bits per heavy atom. The number of nitrogens with zero attached hydrogens (tertiary/aromatic N) is 3. The van der Waals surface area contributed by atoms with Crippen LogP contribution in [0, 0.1) is 17.8 Å². The first kappa shape index (κ1) is 77.4. The summed E-state index contributed by atoms with van der Waals surface area (Å²) in [5, 5.41) is 53.0. The second kappa shape index (κ2) is 36.9. The summed E-state index contributed by atoms with van der Waals surface area (Å²) in [6, 6.07) is -16.7. The molecule has 0 spiro atoms. The lowest BCUT2D eigenvalue weighted by molar-refractivity contribution is -0.149. The predicted molar refractivity (Wildman–Crippen MR) is 332 cm³/mol. The summed E-state index contributed by atoms with van der Waals surface area (Å²) in [4.78, 5) is 192. The molecule has 3 fully saturated rings. The van der Waals surface area contributed by atoms with E-state index in [1.807, 2.05) is 0 Å². The van der Waals surface area contributed by atoms with Gasteiger partial charge in [-0.15, -0.1) is 0 Å². The van der Waals surface area contributed by atoms with Crippen LogP contribution < -0.4 is 59.3 Å². The van der Waals surface area contributed by atoms with Crippen molar-refractivity contribution in [3.8, 4) is 0 Å². The van der Waals surface area contributed by atoms with Crippen LogP contribution in [0.25, 0.3) is 0 Å². The number of thiol groups is 2. The van der Waals surface area contributed by atoms with Crippen molar-refractivity contribution in [2.24, 2.45) is 29.2 Å². The quantitative estimate of drug-likeness (QED) is 0.0266. The number of aliphatic hydroxyl groups is 2. The summed E-state index contributed by atoms with van der Waals surface area (Å²) in [6.45, 7) is 13.6. The number of carbonyl (C=O) groups is 14. The predicted octanol–water partition coefficient (Wildman–Crippen LogP) is -4.59. The van der Waals surface area contributed by atoms with E-state index in [1.54, 1.807) is 41.5 Å². The molecule has 508 valence electrons. The standard InChI is InChI=1S/C57H96N14O17S2/c1-10-27(4)41(65-49(79)37-16-13-21-69(37)54(84)33(58)25-89)51(81)60-31(8)46(76)68-44(32(9)73)53(83)61-30(7)45(75)63-35(24-72)47(77)67-43(29(6)12-3)56(86)71-23-15-18-39(71)55(85)70-22-14-17-38(70)50(80)66-42(28(5)11-2)52(82)64-36(26-90)48(78)62-34(57(87)88)19-20-40(59)74/h27-39,41-44,72-73,89-90H,10-26,58H2,1-9H3,(H2,59,74)(H,60,81)(H,61,83)(H,62,78)(H,63,75)(H,64,82)(H,65,79)(H,66,80)(H,67,77)(H,68,76)(H,87,88)/t27-,28-,29-,30-,31-,32+,33-,34-,35-,36-,37-,38-,39-,41-,42-,43-,44-/m0/s1. The molecule has 90 heavy (non-hydrogen) atoms. The third kappa shape index (κ3) is 21.4. The molecule has 13 amide bonds. The molecular weight excluding hydrogens is 1220 g/mol. The van der Waals surface area contributed by atoms with Crippen LogP contribution in [0.3, 0.4) is 0 Å². The maximum absolute atomic E-state index is 14.6. The number of hydrogen-bond acceptors (Lipinski definition) is 19. The molecule has 0 unspecified atom stereocenters. The molecule has 0 bridgehead atoms.